The van der Waals surface area contributed by atoms with Crippen LogP contribution >= 0.6 is 0 Å². The van der Waals surface area contributed by atoms with Crippen molar-refractivity contribution in [2.45, 2.75) is 11.8 Å². The smallest absolute Gasteiger partial charge is 0.266 e. The van der Waals surface area contributed by atoms with E-state index >= 15 is 0 Å². The first-order chi connectivity index (χ1) is 14.7. The zero-order chi connectivity index (χ0) is 22.3. The summed E-state index contributed by atoms with van der Waals surface area (Å²) in [7, 11) is -3.45. The van der Waals surface area contributed by atoms with Crippen molar-refractivity contribution in [2.24, 2.45) is 0 Å². The maximum absolute atomic E-state index is 12.7. The minimum Gasteiger partial charge on any atom is -0.322 e. The fourth-order valence-corrected chi connectivity index (χ4v) is 4.04. The van der Waals surface area contributed by atoms with Crippen molar-refractivity contribution in [1.82, 2.24) is 0 Å². The molecule has 0 aliphatic carbocycles. The van der Waals surface area contributed by atoms with E-state index < -0.39 is 27.6 Å². The van der Waals surface area contributed by atoms with Crippen molar-refractivity contribution < 1.29 is 22.8 Å². The second kappa shape index (κ2) is 7.48. The highest BCUT2D eigenvalue weighted by Gasteiger charge is 2.36. The topological polar surface area (TPSA) is 101 Å². The summed E-state index contributed by atoms with van der Waals surface area (Å²) in [6.07, 6.45) is 1.08. The van der Waals surface area contributed by atoms with E-state index in [0.29, 0.717) is 28.1 Å². The lowest BCUT2D eigenvalue weighted by molar-refractivity contribution is 0.0924. The Bertz CT molecular complexity index is 1310. The van der Waals surface area contributed by atoms with Gasteiger partial charge in [-0.15, -0.1) is 0 Å². The Morgan fingerprint density at radius 2 is 1.45 bits per heavy atom. The molecule has 8 heteroatoms. The SMILES string of the molecule is Cc1ccc(S(C)(=O)=O)cc1C(=O)Nc1ccc(N2C(=O)c3ccccc3C2=O)cc1. The van der Waals surface area contributed by atoms with Gasteiger partial charge >= 0.3 is 0 Å². The van der Waals surface area contributed by atoms with E-state index in [1.54, 1.807) is 61.5 Å². The molecule has 1 heterocycles. The van der Waals surface area contributed by atoms with Crippen LogP contribution in [0.1, 0.15) is 36.6 Å². The van der Waals surface area contributed by atoms with Crippen LogP contribution in [0.5, 0.6) is 0 Å². The molecule has 0 spiro atoms. The van der Waals surface area contributed by atoms with E-state index in [0.717, 1.165) is 11.2 Å². The Hall–Kier alpha value is -3.78. The van der Waals surface area contributed by atoms with E-state index in [1.807, 2.05) is 0 Å². The molecule has 0 saturated carbocycles. The molecule has 7 nitrogen and oxygen atoms in total. The maximum Gasteiger partial charge on any atom is 0.266 e. The van der Waals surface area contributed by atoms with Crippen molar-refractivity contribution in [2.75, 3.05) is 16.5 Å². The summed E-state index contributed by atoms with van der Waals surface area (Å²) in [5.74, 6) is -1.26. The van der Waals surface area contributed by atoms with Gasteiger partial charge in [-0.1, -0.05) is 18.2 Å². The van der Waals surface area contributed by atoms with Crippen molar-refractivity contribution in [3.8, 4) is 0 Å². The summed E-state index contributed by atoms with van der Waals surface area (Å²) in [5.41, 5.74) is 2.41. The molecule has 4 rings (SSSR count). The van der Waals surface area contributed by atoms with Gasteiger partial charge in [0.1, 0.15) is 0 Å². The van der Waals surface area contributed by atoms with Crippen LogP contribution in [0.25, 0.3) is 0 Å². The molecular weight excluding hydrogens is 416 g/mol. The van der Waals surface area contributed by atoms with E-state index in [-0.39, 0.29) is 10.5 Å². The fraction of sp³-hybridized carbons (Fsp3) is 0.0870. The van der Waals surface area contributed by atoms with Crippen molar-refractivity contribution in [3.05, 3.63) is 89.0 Å². The highest BCUT2D eigenvalue weighted by Crippen LogP contribution is 2.29. The number of imide groups is 1. The molecule has 1 aliphatic heterocycles. The van der Waals surface area contributed by atoms with Crippen molar-refractivity contribution >= 4 is 38.9 Å². The average Bonchev–Trinajstić information content (AvgIpc) is 2.99. The van der Waals surface area contributed by atoms with E-state index in [2.05, 4.69) is 5.32 Å². The third-order valence-electron chi connectivity index (χ3n) is 5.06. The monoisotopic (exact) mass is 434 g/mol. The second-order valence-corrected chi connectivity index (χ2v) is 9.26. The number of carbonyl (C=O) groups is 3. The van der Waals surface area contributed by atoms with Gasteiger partial charge in [-0.25, -0.2) is 13.3 Å². The number of rotatable bonds is 4. The third-order valence-corrected chi connectivity index (χ3v) is 6.17. The molecule has 0 saturated heterocycles. The molecule has 1 aliphatic rings. The largest absolute Gasteiger partial charge is 0.322 e. The lowest BCUT2D eigenvalue weighted by Gasteiger charge is -2.15. The number of hydrogen-bond donors (Lipinski definition) is 1. The molecule has 0 fully saturated rings. The number of sulfone groups is 1. The Morgan fingerprint density at radius 1 is 0.871 bits per heavy atom. The number of carbonyl (C=O) groups excluding carboxylic acids is 3. The molecular formula is C23H18N2O5S. The normalized spacial score (nSPS) is 13.3. The minimum atomic E-state index is -3.45. The molecule has 3 aromatic carbocycles. The van der Waals surface area contributed by atoms with Crippen LogP contribution in [0, 0.1) is 6.92 Å². The van der Waals surface area contributed by atoms with Gasteiger partial charge in [0.25, 0.3) is 17.7 Å². The summed E-state index contributed by atoms with van der Waals surface area (Å²) in [6.45, 7) is 1.71. The van der Waals surface area contributed by atoms with Crippen LogP contribution < -0.4 is 10.2 Å². The quantitative estimate of drug-likeness (QED) is 0.634. The predicted octanol–water partition coefficient (Wildman–Crippen LogP) is 3.45. The van der Waals surface area contributed by atoms with Gasteiger partial charge in [-0.05, 0) is 61.0 Å². The van der Waals surface area contributed by atoms with Crippen LogP contribution in [-0.2, 0) is 9.84 Å². The van der Waals surface area contributed by atoms with Gasteiger partial charge < -0.3 is 5.32 Å². The van der Waals surface area contributed by atoms with Crippen LogP contribution in [-0.4, -0.2) is 32.4 Å². The highest BCUT2D eigenvalue weighted by atomic mass is 32.2. The van der Waals surface area contributed by atoms with Crippen molar-refractivity contribution in [1.29, 1.82) is 0 Å². The number of nitrogens with zero attached hydrogens (tertiary/aromatic N) is 1. The standard InChI is InChI=1S/C23H18N2O5S/c1-14-7-12-17(31(2,29)30)13-20(14)21(26)24-15-8-10-16(11-9-15)25-22(27)18-5-3-4-6-19(18)23(25)28/h3-13H,1-2H3,(H,24,26). The van der Waals surface area contributed by atoms with Crippen LogP contribution in [0.15, 0.2) is 71.6 Å². The molecule has 0 bridgehead atoms. The Balaban J connectivity index is 1.56. The summed E-state index contributed by atoms with van der Waals surface area (Å²) in [4.78, 5) is 39.0. The minimum absolute atomic E-state index is 0.0595. The van der Waals surface area contributed by atoms with Crippen molar-refractivity contribution in [3.63, 3.8) is 0 Å². The molecule has 156 valence electrons. The van der Waals surface area contributed by atoms with Crippen LogP contribution in [0.2, 0.25) is 0 Å². The second-order valence-electron chi connectivity index (χ2n) is 7.24. The predicted molar refractivity (Wildman–Crippen MR) is 116 cm³/mol. The average molecular weight is 434 g/mol. The van der Waals surface area contributed by atoms with E-state index in [1.165, 1.54) is 12.1 Å². The van der Waals surface area contributed by atoms with Gasteiger partial charge in [-0.2, -0.15) is 0 Å². The van der Waals surface area contributed by atoms with Gasteiger partial charge in [0.15, 0.2) is 9.84 Å². The maximum atomic E-state index is 12.7. The Kier molecular flexibility index (Phi) is 4.94. The molecule has 0 aromatic heterocycles. The molecule has 31 heavy (non-hydrogen) atoms. The first-order valence-corrected chi connectivity index (χ1v) is 11.3. The van der Waals surface area contributed by atoms with E-state index in [4.69, 9.17) is 0 Å². The van der Waals surface area contributed by atoms with Gasteiger partial charge in [0, 0.05) is 17.5 Å². The summed E-state index contributed by atoms with van der Waals surface area (Å²) in [5, 5.41) is 2.71. The van der Waals surface area contributed by atoms with Gasteiger partial charge in [0.2, 0.25) is 0 Å². The molecule has 1 N–H and O–H groups in total. The first kappa shape index (κ1) is 20.5. The number of amides is 3. The number of hydrogen-bond acceptors (Lipinski definition) is 5. The van der Waals surface area contributed by atoms with E-state index in [9.17, 15) is 22.8 Å². The molecule has 0 radical (unpaired) electrons. The third kappa shape index (κ3) is 3.73. The zero-order valence-electron chi connectivity index (χ0n) is 16.7. The fourth-order valence-electron chi connectivity index (χ4n) is 3.39. The Morgan fingerprint density at radius 3 is 2.00 bits per heavy atom. The van der Waals surface area contributed by atoms with Gasteiger partial charge in [0.05, 0.1) is 21.7 Å². The number of aryl methyl sites for hydroxylation is 1. The zero-order valence-corrected chi connectivity index (χ0v) is 17.6. The molecule has 3 aromatic rings. The number of benzene rings is 3. The lowest BCUT2D eigenvalue weighted by atomic mass is 10.1. The highest BCUT2D eigenvalue weighted by molar-refractivity contribution is 7.90. The number of nitrogens with one attached hydrogen (secondary N) is 1. The van der Waals surface area contributed by atoms with Crippen LogP contribution in [0.4, 0.5) is 11.4 Å². The van der Waals surface area contributed by atoms with Crippen LogP contribution in [0.3, 0.4) is 0 Å². The van der Waals surface area contributed by atoms with Gasteiger partial charge in [-0.3, -0.25) is 14.4 Å². The molecule has 0 atom stereocenters. The Labute approximate surface area is 179 Å². The summed E-state index contributed by atoms with van der Waals surface area (Å²) < 4.78 is 23.6. The summed E-state index contributed by atoms with van der Waals surface area (Å²) >= 11 is 0. The summed E-state index contributed by atoms with van der Waals surface area (Å²) in [6, 6.07) is 17.3. The molecule has 0 unspecified atom stereocenters. The number of anilines is 2. The number of fused-ring (bicyclic) bond motifs is 1. The molecule has 3 amide bonds. The lowest BCUT2D eigenvalue weighted by Crippen LogP contribution is -2.29. The first-order valence-electron chi connectivity index (χ1n) is 9.37.